The first-order valence-corrected chi connectivity index (χ1v) is 9.80. The first kappa shape index (κ1) is 24.6. The molecular formula is C16H15Cl6FN2O2. The number of carbonyl (C=O) groups is 2. The zero-order valence-corrected chi connectivity index (χ0v) is 18.2. The molecule has 1 rings (SSSR count). The Hall–Kier alpha value is -0.430. The number of halogens is 7. The summed E-state index contributed by atoms with van der Waals surface area (Å²) in [7, 11) is 0. The summed E-state index contributed by atoms with van der Waals surface area (Å²) in [6.45, 7) is 0.0244. The fourth-order valence-corrected chi connectivity index (χ4v) is 2.31. The van der Waals surface area contributed by atoms with Crippen LogP contribution >= 0.6 is 69.6 Å². The number of alkyl halides is 6. The van der Waals surface area contributed by atoms with Crippen molar-refractivity contribution >= 4 is 81.4 Å². The summed E-state index contributed by atoms with van der Waals surface area (Å²) in [5.74, 6) is -2.45. The predicted molar refractivity (Wildman–Crippen MR) is 109 cm³/mol. The van der Waals surface area contributed by atoms with Gasteiger partial charge in [-0.25, -0.2) is 4.39 Å². The molecule has 0 fully saturated rings. The molecule has 0 radical (unpaired) electrons. The maximum atomic E-state index is 14.6. The monoisotopic (exact) mass is 496 g/mol. The Labute approximate surface area is 186 Å². The van der Waals surface area contributed by atoms with Gasteiger partial charge >= 0.3 is 0 Å². The van der Waals surface area contributed by atoms with Gasteiger partial charge in [0.25, 0.3) is 19.4 Å². The molecule has 0 unspecified atom stereocenters. The highest BCUT2D eigenvalue weighted by Crippen LogP contribution is 2.27. The Morgan fingerprint density at radius 1 is 1.00 bits per heavy atom. The molecule has 2 amide bonds. The molecule has 0 aliphatic rings. The Balaban J connectivity index is 2.78. The van der Waals surface area contributed by atoms with Crippen molar-refractivity contribution in [2.24, 2.45) is 0 Å². The molecule has 1 aromatic rings. The second-order valence-corrected chi connectivity index (χ2v) is 9.91. The number of hydrogen-bond acceptors (Lipinski definition) is 2. The van der Waals surface area contributed by atoms with Crippen LogP contribution in [0.1, 0.15) is 12.0 Å². The van der Waals surface area contributed by atoms with Gasteiger partial charge in [0.1, 0.15) is 5.83 Å². The second-order valence-electron chi connectivity index (χ2n) is 5.34. The van der Waals surface area contributed by atoms with Crippen LogP contribution in [-0.2, 0) is 16.0 Å². The third-order valence-electron chi connectivity index (χ3n) is 3.21. The van der Waals surface area contributed by atoms with Crippen LogP contribution in [0.5, 0.6) is 0 Å². The molecule has 0 spiro atoms. The van der Waals surface area contributed by atoms with Crippen LogP contribution in [0, 0.1) is 0 Å². The summed E-state index contributed by atoms with van der Waals surface area (Å²) in [6, 6.07) is 7.83. The molecule has 11 heteroatoms. The lowest BCUT2D eigenvalue weighted by Gasteiger charge is -2.20. The minimum Gasteiger partial charge on any atom is -0.352 e. The van der Waals surface area contributed by atoms with Crippen LogP contribution in [0.4, 0.5) is 4.39 Å². The lowest BCUT2D eigenvalue weighted by molar-refractivity contribution is -0.121. The molecule has 0 bridgehead atoms. The van der Waals surface area contributed by atoms with Gasteiger partial charge in [-0.15, -0.1) is 0 Å². The highest BCUT2D eigenvalue weighted by Gasteiger charge is 2.33. The summed E-state index contributed by atoms with van der Waals surface area (Å²) in [4.78, 5) is 23.3. The van der Waals surface area contributed by atoms with Crippen LogP contribution in [0.3, 0.4) is 0 Å². The first-order chi connectivity index (χ1) is 12.4. The summed E-state index contributed by atoms with van der Waals surface area (Å²) < 4.78 is 10.3. The number of amides is 2. The van der Waals surface area contributed by atoms with E-state index in [1.807, 2.05) is 0 Å². The van der Waals surface area contributed by atoms with Crippen LogP contribution in [0.25, 0.3) is 0 Å². The highest BCUT2D eigenvalue weighted by atomic mass is 35.6. The molecule has 0 aromatic heterocycles. The first-order valence-electron chi connectivity index (χ1n) is 7.53. The van der Waals surface area contributed by atoms with E-state index >= 15 is 0 Å². The normalized spacial score (nSPS) is 13.8. The Morgan fingerprint density at radius 2 is 1.56 bits per heavy atom. The maximum Gasteiger partial charge on any atom is 0.272 e. The Kier molecular flexibility index (Phi) is 9.97. The zero-order chi connectivity index (χ0) is 20.7. The van der Waals surface area contributed by atoms with E-state index in [0.29, 0.717) is 0 Å². The summed E-state index contributed by atoms with van der Waals surface area (Å²) >= 11 is 32.8. The van der Waals surface area contributed by atoms with Crippen LogP contribution in [-0.4, -0.2) is 32.0 Å². The Bertz CT molecular complexity index is 674. The molecular weight excluding hydrogens is 484 g/mol. The standard InChI is InChI=1S/C16H15Cl6FN2O2/c17-15(18,19)13(26)24-8-4-7-11(23)12(25-14(27)16(20,21)22)9-10-5-2-1-3-6-10/h1-3,5-7,12H,4,8-9H2,(H,24,26)(H,25,27)/b11-7-/t12-/m1/s1. The smallest absolute Gasteiger partial charge is 0.272 e. The number of carbonyl (C=O) groups excluding carboxylic acids is 2. The van der Waals surface area contributed by atoms with Crippen molar-refractivity contribution in [3.63, 3.8) is 0 Å². The molecule has 2 N–H and O–H groups in total. The van der Waals surface area contributed by atoms with Gasteiger partial charge in [0.05, 0.1) is 6.04 Å². The van der Waals surface area contributed by atoms with E-state index in [1.165, 1.54) is 6.08 Å². The largest absolute Gasteiger partial charge is 0.352 e. The van der Waals surface area contributed by atoms with Gasteiger partial charge in [0, 0.05) is 6.54 Å². The van der Waals surface area contributed by atoms with Crippen molar-refractivity contribution < 1.29 is 14.0 Å². The van der Waals surface area contributed by atoms with E-state index in [4.69, 9.17) is 69.6 Å². The fourth-order valence-electron chi connectivity index (χ4n) is 1.95. The number of rotatable bonds is 7. The van der Waals surface area contributed by atoms with Gasteiger partial charge in [0.15, 0.2) is 0 Å². The summed E-state index contributed by atoms with van der Waals surface area (Å²) in [5.41, 5.74) is 0.764. The van der Waals surface area contributed by atoms with Gasteiger partial charge in [0.2, 0.25) is 0 Å². The van der Waals surface area contributed by atoms with Crippen LogP contribution in [0.15, 0.2) is 42.2 Å². The minimum atomic E-state index is -2.23. The third-order valence-corrected chi connectivity index (χ3v) is 4.23. The van der Waals surface area contributed by atoms with Crippen molar-refractivity contribution in [1.82, 2.24) is 10.6 Å². The molecule has 0 aliphatic carbocycles. The van der Waals surface area contributed by atoms with Crippen molar-refractivity contribution in [2.75, 3.05) is 6.54 Å². The average molecular weight is 499 g/mol. The van der Waals surface area contributed by atoms with Crippen LogP contribution in [0.2, 0.25) is 0 Å². The van der Waals surface area contributed by atoms with Gasteiger partial charge in [-0.05, 0) is 24.5 Å². The van der Waals surface area contributed by atoms with Crippen LogP contribution < -0.4 is 10.6 Å². The minimum absolute atomic E-state index is 0.0244. The lowest BCUT2D eigenvalue weighted by atomic mass is 10.0. The average Bonchev–Trinajstić information content (AvgIpc) is 2.56. The van der Waals surface area contributed by atoms with Crippen molar-refractivity contribution in [3.05, 3.63) is 47.8 Å². The number of nitrogens with one attached hydrogen (secondary N) is 2. The highest BCUT2D eigenvalue weighted by molar-refractivity contribution is 6.76. The van der Waals surface area contributed by atoms with Crippen molar-refractivity contribution in [2.45, 2.75) is 26.5 Å². The van der Waals surface area contributed by atoms with E-state index < -0.39 is 31.3 Å². The van der Waals surface area contributed by atoms with E-state index in [2.05, 4.69) is 10.6 Å². The van der Waals surface area contributed by atoms with E-state index in [9.17, 15) is 14.0 Å². The Morgan fingerprint density at radius 3 is 2.07 bits per heavy atom. The van der Waals surface area contributed by atoms with Gasteiger partial charge in [-0.1, -0.05) is 99.9 Å². The summed E-state index contributed by atoms with van der Waals surface area (Å²) in [6.07, 6.45) is 1.41. The van der Waals surface area contributed by atoms with Gasteiger partial charge in [-0.3, -0.25) is 9.59 Å². The number of benzene rings is 1. The SMILES string of the molecule is O=C(NCC/C=C(\F)[C@@H](Cc1ccccc1)NC(=O)C(Cl)(Cl)Cl)C(Cl)(Cl)Cl. The van der Waals surface area contributed by atoms with E-state index in [1.54, 1.807) is 30.3 Å². The molecule has 0 aliphatic heterocycles. The molecule has 1 aromatic carbocycles. The van der Waals surface area contributed by atoms with Gasteiger partial charge in [-0.2, -0.15) is 0 Å². The number of hydrogen-bond donors (Lipinski definition) is 2. The lowest BCUT2D eigenvalue weighted by Crippen LogP contribution is -2.43. The molecule has 27 heavy (non-hydrogen) atoms. The van der Waals surface area contributed by atoms with Crippen molar-refractivity contribution in [3.8, 4) is 0 Å². The van der Waals surface area contributed by atoms with E-state index in [-0.39, 0.29) is 19.4 Å². The fraction of sp³-hybridized carbons (Fsp3) is 0.375. The van der Waals surface area contributed by atoms with Crippen molar-refractivity contribution in [1.29, 1.82) is 0 Å². The topological polar surface area (TPSA) is 58.2 Å². The second kappa shape index (κ2) is 10.9. The molecule has 0 saturated heterocycles. The zero-order valence-electron chi connectivity index (χ0n) is 13.6. The molecule has 0 saturated carbocycles. The van der Waals surface area contributed by atoms with E-state index in [0.717, 1.165) is 5.56 Å². The molecule has 1 atom stereocenters. The molecule has 0 heterocycles. The molecule has 4 nitrogen and oxygen atoms in total. The summed E-state index contributed by atoms with van der Waals surface area (Å²) in [5, 5.41) is 4.69. The predicted octanol–water partition coefficient (Wildman–Crippen LogP) is 4.81. The maximum absolute atomic E-state index is 14.6. The quantitative estimate of drug-likeness (QED) is 0.418. The van der Waals surface area contributed by atoms with Gasteiger partial charge < -0.3 is 10.6 Å². The third kappa shape index (κ3) is 9.55. The molecule has 150 valence electrons.